The first-order valence-corrected chi connectivity index (χ1v) is 13.0. The Balaban J connectivity index is 1.97. The predicted molar refractivity (Wildman–Crippen MR) is 126 cm³/mol. The minimum Gasteiger partial charge on any atom is -0.465 e. The van der Waals surface area contributed by atoms with Crippen molar-refractivity contribution in [1.82, 2.24) is 0 Å². The van der Waals surface area contributed by atoms with Crippen molar-refractivity contribution in [2.45, 2.75) is 129 Å². The quantitative estimate of drug-likeness (QED) is 0.177. The molecule has 32 heavy (non-hydrogen) atoms. The van der Waals surface area contributed by atoms with E-state index in [0.29, 0.717) is 32.7 Å². The van der Waals surface area contributed by atoms with Gasteiger partial charge >= 0.3 is 11.9 Å². The third kappa shape index (κ3) is 14.8. The fourth-order valence-corrected chi connectivity index (χ4v) is 3.74. The minimum absolute atomic E-state index is 0.0643. The first-order chi connectivity index (χ1) is 15.4. The number of rotatable bonds is 18. The lowest BCUT2D eigenvalue weighted by Crippen LogP contribution is -2.41. The summed E-state index contributed by atoms with van der Waals surface area (Å²) in [6.45, 7) is 9.52. The normalized spacial score (nSPS) is 17.1. The van der Waals surface area contributed by atoms with Gasteiger partial charge < -0.3 is 18.9 Å². The van der Waals surface area contributed by atoms with Crippen molar-refractivity contribution in [1.29, 1.82) is 0 Å². The van der Waals surface area contributed by atoms with Crippen molar-refractivity contribution in [2.24, 2.45) is 5.92 Å². The molecule has 1 unspecified atom stereocenters. The molecule has 0 spiro atoms. The summed E-state index contributed by atoms with van der Waals surface area (Å²) in [5.74, 6) is -0.693. The van der Waals surface area contributed by atoms with Crippen molar-refractivity contribution in [3.63, 3.8) is 0 Å². The molecule has 1 saturated heterocycles. The summed E-state index contributed by atoms with van der Waals surface area (Å²) in [6, 6.07) is 0. The van der Waals surface area contributed by atoms with Crippen LogP contribution in [0.25, 0.3) is 0 Å². The zero-order valence-electron chi connectivity index (χ0n) is 21.1. The second kappa shape index (κ2) is 17.4. The maximum absolute atomic E-state index is 12.1. The fraction of sp³-hybridized carbons (Fsp3) is 0.923. The molecule has 1 atom stereocenters. The molecule has 1 aliphatic rings. The third-order valence-corrected chi connectivity index (χ3v) is 5.96. The first kappa shape index (κ1) is 28.9. The third-order valence-electron chi connectivity index (χ3n) is 5.96. The van der Waals surface area contributed by atoms with Crippen LogP contribution < -0.4 is 0 Å². The van der Waals surface area contributed by atoms with Crippen LogP contribution >= 0.6 is 0 Å². The summed E-state index contributed by atoms with van der Waals surface area (Å²) >= 11 is 0. The van der Waals surface area contributed by atoms with E-state index in [1.807, 2.05) is 13.8 Å². The highest BCUT2D eigenvalue weighted by molar-refractivity contribution is 5.69. The molecule has 6 nitrogen and oxygen atoms in total. The summed E-state index contributed by atoms with van der Waals surface area (Å²) in [5.41, 5.74) is 0. The minimum atomic E-state index is -0.543. The summed E-state index contributed by atoms with van der Waals surface area (Å²) < 4.78 is 22.1. The average Bonchev–Trinajstić information content (AvgIpc) is 2.76. The van der Waals surface area contributed by atoms with E-state index in [0.717, 1.165) is 44.9 Å². The van der Waals surface area contributed by atoms with Crippen molar-refractivity contribution in [2.75, 3.05) is 19.8 Å². The van der Waals surface area contributed by atoms with E-state index in [1.54, 1.807) is 0 Å². The molecule has 0 saturated carbocycles. The Kier molecular flexibility index (Phi) is 15.7. The Bertz CT molecular complexity index is 495. The Morgan fingerprint density at radius 3 is 2.03 bits per heavy atom. The van der Waals surface area contributed by atoms with E-state index in [1.165, 1.54) is 32.1 Å². The molecular formula is C26H48O6. The van der Waals surface area contributed by atoms with E-state index in [-0.39, 0.29) is 24.0 Å². The lowest BCUT2D eigenvalue weighted by atomic mass is 10.1. The van der Waals surface area contributed by atoms with Gasteiger partial charge in [-0.1, -0.05) is 58.8 Å². The number of unbranched alkanes of at least 4 members (excludes halogenated alkanes) is 8. The Labute approximate surface area is 196 Å². The van der Waals surface area contributed by atoms with Gasteiger partial charge in [0.1, 0.15) is 6.10 Å². The topological polar surface area (TPSA) is 71.1 Å². The Hall–Kier alpha value is -1.14. The van der Waals surface area contributed by atoms with E-state index in [4.69, 9.17) is 18.9 Å². The number of hydrogen-bond acceptors (Lipinski definition) is 6. The fourth-order valence-electron chi connectivity index (χ4n) is 3.74. The maximum Gasteiger partial charge on any atom is 0.306 e. The largest absolute Gasteiger partial charge is 0.465 e. The van der Waals surface area contributed by atoms with Crippen molar-refractivity contribution in [3.05, 3.63) is 0 Å². The molecule has 0 aliphatic carbocycles. The summed E-state index contributed by atoms with van der Waals surface area (Å²) in [5, 5.41) is 0. The molecule has 1 heterocycles. The summed E-state index contributed by atoms with van der Waals surface area (Å²) in [6.07, 6.45) is 13.8. The van der Waals surface area contributed by atoms with E-state index in [9.17, 15) is 9.59 Å². The molecule has 0 amide bonds. The SMILES string of the molecule is CCCCCCCCC(CC)OC(=O)CCCCCCC(=O)OCC1COC(C)(C)OC1. The number of esters is 2. The number of ether oxygens (including phenoxy) is 4. The van der Waals surface area contributed by atoms with Gasteiger partial charge in [-0.3, -0.25) is 9.59 Å². The van der Waals surface area contributed by atoms with Crippen LogP contribution in [0.15, 0.2) is 0 Å². The number of carbonyl (C=O) groups excluding carboxylic acids is 2. The van der Waals surface area contributed by atoms with Gasteiger partial charge in [-0.2, -0.15) is 0 Å². The molecule has 0 aromatic carbocycles. The molecule has 0 bridgehead atoms. The zero-order valence-corrected chi connectivity index (χ0v) is 21.1. The highest BCUT2D eigenvalue weighted by atomic mass is 16.7. The average molecular weight is 457 g/mol. The van der Waals surface area contributed by atoms with Gasteiger partial charge in [0.2, 0.25) is 0 Å². The lowest BCUT2D eigenvalue weighted by Gasteiger charge is -2.34. The van der Waals surface area contributed by atoms with Crippen LogP contribution in [0.3, 0.4) is 0 Å². The Morgan fingerprint density at radius 1 is 0.844 bits per heavy atom. The lowest BCUT2D eigenvalue weighted by molar-refractivity contribution is -0.265. The smallest absolute Gasteiger partial charge is 0.306 e. The van der Waals surface area contributed by atoms with Crippen LogP contribution in [-0.4, -0.2) is 43.7 Å². The van der Waals surface area contributed by atoms with Gasteiger partial charge in [-0.25, -0.2) is 0 Å². The highest BCUT2D eigenvalue weighted by Crippen LogP contribution is 2.21. The molecule has 6 heteroatoms. The van der Waals surface area contributed by atoms with Crippen molar-refractivity contribution >= 4 is 11.9 Å². The monoisotopic (exact) mass is 456 g/mol. The van der Waals surface area contributed by atoms with Gasteiger partial charge in [-0.15, -0.1) is 0 Å². The molecule has 0 N–H and O–H groups in total. The van der Waals surface area contributed by atoms with Gasteiger partial charge in [0, 0.05) is 18.8 Å². The molecule has 0 aromatic heterocycles. The zero-order chi connectivity index (χ0) is 23.7. The van der Waals surface area contributed by atoms with E-state index in [2.05, 4.69) is 13.8 Å². The molecule has 0 radical (unpaired) electrons. The van der Waals surface area contributed by atoms with E-state index < -0.39 is 5.79 Å². The summed E-state index contributed by atoms with van der Waals surface area (Å²) in [4.78, 5) is 24.0. The van der Waals surface area contributed by atoms with Crippen molar-refractivity contribution < 1.29 is 28.5 Å². The summed E-state index contributed by atoms with van der Waals surface area (Å²) in [7, 11) is 0. The van der Waals surface area contributed by atoms with Crippen LogP contribution in [0.2, 0.25) is 0 Å². The van der Waals surface area contributed by atoms with Gasteiger partial charge in [0.15, 0.2) is 5.79 Å². The highest BCUT2D eigenvalue weighted by Gasteiger charge is 2.28. The van der Waals surface area contributed by atoms with Crippen molar-refractivity contribution in [3.8, 4) is 0 Å². The van der Waals surface area contributed by atoms with Gasteiger partial charge in [0.25, 0.3) is 0 Å². The number of hydrogen-bond donors (Lipinski definition) is 0. The van der Waals surface area contributed by atoms with Crippen LogP contribution in [0, 0.1) is 5.92 Å². The predicted octanol–water partition coefficient (Wildman–Crippen LogP) is 6.34. The molecule has 188 valence electrons. The molecule has 0 aromatic rings. The van der Waals surface area contributed by atoms with Crippen LogP contribution in [-0.2, 0) is 28.5 Å². The standard InChI is InChI=1S/C26H48O6/c1-5-7-8-9-10-13-16-23(6-2)32-25(28)18-15-12-11-14-17-24(27)29-19-22-20-30-26(3,4)31-21-22/h22-23H,5-21H2,1-4H3. The maximum atomic E-state index is 12.1. The molecule has 1 aliphatic heterocycles. The molecule has 1 fully saturated rings. The molecular weight excluding hydrogens is 408 g/mol. The first-order valence-electron chi connectivity index (χ1n) is 13.0. The van der Waals surface area contributed by atoms with Gasteiger partial charge in [-0.05, 0) is 46.0 Å². The second-order valence-electron chi connectivity index (χ2n) is 9.56. The van der Waals surface area contributed by atoms with Gasteiger partial charge in [0.05, 0.1) is 19.8 Å². The van der Waals surface area contributed by atoms with Crippen LogP contribution in [0.5, 0.6) is 0 Å². The molecule has 1 rings (SSSR count). The van der Waals surface area contributed by atoms with Crippen LogP contribution in [0.1, 0.15) is 118 Å². The number of carbonyl (C=O) groups is 2. The second-order valence-corrected chi connectivity index (χ2v) is 9.56. The Morgan fingerprint density at radius 2 is 1.41 bits per heavy atom. The van der Waals surface area contributed by atoms with Crippen LogP contribution in [0.4, 0.5) is 0 Å². The van der Waals surface area contributed by atoms with E-state index >= 15 is 0 Å².